The van der Waals surface area contributed by atoms with Crippen LogP contribution in [0.15, 0.2) is 36.5 Å². The van der Waals surface area contributed by atoms with Gasteiger partial charge in [0.2, 0.25) is 5.88 Å². The van der Waals surface area contributed by atoms with Gasteiger partial charge in [0.25, 0.3) is 0 Å². The molecule has 0 radical (unpaired) electrons. The van der Waals surface area contributed by atoms with E-state index in [0.717, 1.165) is 16.9 Å². The van der Waals surface area contributed by atoms with Crippen molar-refractivity contribution in [1.29, 1.82) is 5.26 Å². The Morgan fingerprint density at radius 3 is 2.90 bits per heavy atom. The fraction of sp³-hybridized carbons (Fsp3) is 0.235. The predicted molar refractivity (Wildman–Crippen MR) is 77.2 cm³/mol. The van der Waals surface area contributed by atoms with E-state index in [2.05, 4.69) is 11.1 Å². The number of nitriles is 1. The third-order valence-electron chi connectivity index (χ3n) is 4.00. The Morgan fingerprint density at radius 2 is 2.19 bits per heavy atom. The van der Waals surface area contributed by atoms with Crippen molar-refractivity contribution in [2.45, 2.75) is 25.7 Å². The number of ketones is 1. The van der Waals surface area contributed by atoms with Crippen LogP contribution in [-0.2, 0) is 16.6 Å². The summed E-state index contributed by atoms with van der Waals surface area (Å²) in [5.74, 6) is 1.19. The minimum absolute atomic E-state index is 0.163. The zero-order chi connectivity index (χ0) is 15.0. The lowest BCUT2D eigenvalue weighted by atomic mass is 9.79. The number of hydrogen-bond donors (Lipinski definition) is 0. The molecule has 1 unspecified atom stereocenters. The molecule has 1 aromatic heterocycles. The van der Waals surface area contributed by atoms with Crippen molar-refractivity contribution >= 4 is 5.78 Å². The van der Waals surface area contributed by atoms with Gasteiger partial charge in [-0.25, -0.2) is 4.98 Å². The number of hydrogen-bond acceptors (Lipinski definition) is 4. The Kier molecular flexibility index (Phi) is 2.99. The lowest BCUT2D eigenvalue weighted by molar-refractivity contribution is -0.120. The second kappa shape index (κ2) is 4.71. The zero-order valence-corrected chi connectivity index (χ0v) is 11.9. The van der Waals surface area contributed by atoms with Crippen LogP contribution in [0.2, 0.25) is 0 Å². The van der Waals surface area contributed by atoms with Gasteiger partial charge in [0.1, 0.15) is 11.2 Å². The molecule has 4 heteroatoms. The van der Waals surface area contributed by atoms with E-state index in [0.29, 0.717) is 17.9 Å². The minimum atomic E-state index is -1.12. The van der Waals surface area contributed by atoms with Gasteiger partial charge in [-0.05, 0) is 43.2 Å². The maximum atomic E-state index is 11.8. The number of carbonyl (C=O) groups excluding carboxylic acids is 1. The molecule has 0 spiro atoms. The monoisotopic (exact) mass is 278 g/mol. The average molecular weight is 278 g/mol. The van der Waals surface area contributed by atoms with Crippen LogP contribution in [0.25, 0.3) is 0 Å². The summed E-state index contributed by atoms with van der Waals surface area (Å²) in [4.78, 5) is 16.0. The molecule has 4 nitrogen and oxygen atoms in total. The Morgan fingerprint density at radius 1 is 1.38 bits per heavy atom. The van der Waals surface area contributed by atoms with E-state index >= 15 is 0 Å². The predicted octanol–water partition coefficient (Wildman–Crippen LogP) is 3.15. The van der Waals surface area contributed by atoms with Crippen molar-refractivity contribution in [3.63, 3.8) is 0 Å². The maximum Gasteiger partial charge on any atom is 0.222 e. The van der Waals surface area contributed by atoms with E-state index in [4.69, 9.17) is 4.74 Å². The Bertz CT molecular complexity index is 777. The summed E-state index contributed by atoms with van der Waals surface area (Å²) < 4.78 is 5.76. The molecule has 3 rings (SSSR count). The molecular weight excluding hydrogens is 264 g/mol. The molecule has 1 atom stereocenters. The first kappa shape index (κ1) is 13.3. The summed E-state index contributed by atoms with van der Waals surface area (Å²) in [5, 5.41) is 9.36. The highest BCUT2D eigenvalue weighted by molar-refractivity contribution is 5.90. The second-order valence-electron chi connectivity index (χ2n) is 5.36. The molecular formula is C17H14N2O2. The van der Waals surface area contributed by atoms with E-state index in [1.54, 1.807) is 25.3 Å². The van der Waals surface area contributed by atoms with Crippen LogP contribution in [0.5, 0.6) is 11.6 Å². The van der Waals surface area contributed by atoms with E-state index in [9.17, 15) is 10.1 Å². The molecule has 0 amide bonds. The Labute approximate surface area is 123 Å². The first-order chi connectivity index (χ1) is 10.0. The highest BCUT2D eigenvalue weighted by Gasteiger charge is 2.33. The van der Waals surface area contributed by atoms with Crippen LogP contribution in [0.3, 0.4) is 0 Å². The molecule has 0 saturated heterocycles. The Hall–Kier alpha value is -2.67. The number of Topliss-reactive ketones (excluding diaryl/α,β-unsaturated/α-hetero) is 1. The zero-order valence-electron chi connectivity index (χ0n) is 11.9. The van der Waals surface area contributed by atoms with Crippen LogP contribution < -0.4 is 4.74 Å². The molecule has 1 aromatic carbocycles. The highest BCUT2D eigenvalue weighted by Crippen LogP contribution is 2.37. The molecule has 0 saturated carbocycles. The van der Waals surface area contributed by atoms with Crippen molar-refractivity contribution in [1.82, 2.24) is 4.98 Å². The number of aromatic nitrogens is 1. The summed E-state index contributed by atoms with van der Waals surface area (Å²) in [6, 6.07) is 11.4. The van der Waals surface area contributed by atoms with Crippen LogP contribution in [0.4, 0.5) is 0 Å². The standard InChI is InChI=1S/C17H14N2O2/c1-11(20)17(2,10-18)14-5-6-15-13(9-14)8-12-4-3-7-19-16(12)21-15/h3-7,9H,8H2,1-2H3. The largest absolute Gasteiger partial charge is 0.438 e. The lowest BCUT2D eigenvalue weighted by Gasteiger charge is -2.23. The fourth-order valence-electron chi connectivity index (χ4n) is 2.43. The first-order valence-corrected chi connectivity index (χ1v) is 6.72. The summed E-state index contributed by atoms with van der Waals surface area (Å²) in [6.45, 7) is 3.09. The van der Waals surface area contributed by atoms with Gasteiger partial charge in [0, 0.05) is 18.2 Å². The number of fused-ring (bicyclic) bond motifs is 2. The molecule has 2 heterocycles. The quantitative estimate of drug-likeness (QED) is 0.722. The number of carbonyl (C=O) groups is 1. The van der Waals surface area contributed by atoms with Crippen LogP contribution >= 0.6 is 0 Å². The molecule has 0 bridgehead atoms. The van der Waals surface area contributed by atoms with E-state index in [1.165, 1.54) is 6.92 Å². The Balaban J connectivity index is 2.05. The topological polar surface area (TPSA) is 63.0 Å². The summed E-state index contributed by atoms with van der Waals surface area (Å²) in [5.41, 5.74) is 1.55. The molecule has 104 valence electrons. The van der Waals surface area contributed by atoms with Crippen molar-refractivity contribution in [3.8, 4) is 17.7 Å². The summed E-state index contributed by atoms with van der Waals surface area (Å²) in [6.07, 6.45) is 2.38. The van der Waals surface area contributed by atoms with Crippen molar-refractivity contribution in [3.05, 3.63) is 53.2 Å². The lowest BCUT2D eigenvalue weighted by Crippen LogP contribution is -2.28. The van der Waals surface area contributed by atoms with Gasteiger partial charge < -0.3 is 4.74 Å². The van der Waals surface area contributed by atoms with Crippen molar-refractivity contribution in [2.24, 2.45) is 0 Å². The fourth-order valence-corrected chi connectivity index (χ4v) is 2.43. The summed E-state index contributed by atoms with van der Waals surface area (Å²) in [7, 11) is 0. The number of pyridine rings is 1. The maximum absolute atomic E-state index is 11.8. The van der Waals surface area contributed by atoms with Gasteiger partial charge in [0.05, 0.1) is 6.07 Å². The number of nitrogens with zero attached hydrogens (tertiary/aromatic N) is 2. The van der Waals surface area contributed by atoms with Crippen LogP contribution in [0, 0.1) is 11.3 Å². The molecule has 1 aliphatic rings. The van der Waals surface area contributed by atoms with E-state index < -0.39 is 5.41 Å². The number of benzene rings is 1. The molecule has 1 aliphatic heterocycles. The smallest absolute Gasteiger partial charge is 0.222 e. The van der Waals surface area contributed by atoms with Gasteiger partial charge in [-0.1, -0.05) is 12.1 Å². The normalized spacial score (nSPS) is 14.9. The third-order valence-corrected chi connectivity index (χ3v) is 4.00. The molecule has 0 aliphatic carbocycles. The second-order valence-corrected chi connectivity index (χ2v) is 5.36. The van der Waals surface area contributed by atoms with Gasteiger partial charge in [-0.2, -0.15) is 5.26 Å². The van der Waals surface area contributed by atoms with Crippen molar-refractivity contribution < 1.29 is 9.53 Å². The molecule has 0 N–H and O–H groups in total. The molecule has 21 heavy (non-hydrogen) atoms. The van der Waals surface area contributed by atoms with Gasteiger partial charge in [-0.15, -0.1) is 0 Å². The first-order valence-electron chi connectivity index (χ1n) is 6.72. The summed E-state index contributed by atoms with van der Waals surface area (Å²) >= 11 is 0. The minimum Gasteiger partial charge on any atom is -0.438 e. The molecule has 0 fully saturated rings. The van der Waals surface area contributed by atoms with Gasteiger partial charge in [-0.3, -0.25) is 4.79 Å². The third kappa shape index (κ3) is 2.07. The average Bonchev–Trinajstić information content (AvgIpc) is 2.51. The highest BCUT2D eigenvalue weighted by atomic mass is 16.5. The van der Waals surface area contributed by atoms with Crippen molar-refractivity contribution in [2.75, 3.05) is 0 Å². The van der Waals surface area contributed by atoms with E-state index in [-0.39, 0.29) is 5.78 Å². The molecule has 2 aromatic rings. The van der Waals surface area contributed by atoms with E-state index in [1.807, 2.05) is 18.2 Å². The van der Waals surface area contributed by atoms with Crippen LogP contribution in [-0.4, -0.2) is 10.8 Å². The number of rotatable bonds is 2. The number of ether oxygens (including phenoxy) is 1. The SMILES string of the molecule is CC(=O)C(C)(C#N)c1ccc2c(c1)Cc1cccnc1O2. The van der Waals surface area contributed by atoms with Gasteiger partial charge >= 0.3 is 0 Å². The van der Waals surface area contributed by atoms with Crippen LogP contribution in [0.1, 0.15) is 30.5 Å². The van der Waals surface area contributed by atoms with Gasteiger partial charge in [0.15, 0.2) is 5.78 Å².